The van der Waals surface area contributed by atoms with Gasteiger partial charge in [-0.2, -0.15) is 0 Å². The summed E-state index contributed by atoms with van der Waals surface area (Å²) >= 11 is 5.82. The zero-order valence-corrected chi connectivity index (χ0v) is 19.3. The number of carbonyl (C=O) groups excluding carboxylic acids is 1. The second-order valence-electron chi connectivity index (χ2n) is 8.45. The van der Waals surface area contributed by atoms with Crippen molar-refractivity contribution in [3.8, 4) is 0 Å². The molecule has 8 heteroatoms. The average Bonchev–Trinajstić information content (AvgIpc) is 3.55. The molecule has 7 nitrogen and oxygen atoms in total. The average molecular weight is 462 g/mol. The van der Waals surface area contributed by atoms with Crippen LogP contribution in [0.1, 0.15) is 43.2 Å². The molecule has 3 atom stereocenters. The summed E-state index contributed by atoms with van der Waals surface area (Å²) < 4.78 is 8.19. The molecule has 2 aliphatic heterocycles. The molecule has 0 bridgehead atoms. The second-order valence-corrected chi connectivity index (χ2v) is 8.83. The summed E-state index contributed by atoms with van der Waals surface area (Å²) in [5, 5.41) is 6.97. The lowest BCUT2D eigenvalue weighted by Crippen LogP contribution is -2.31. The summed E-state index contributed by atoms with van der Waals surface area (Å²) in [4.78, 5) is 18.2. The van der Waals surface area contributed by atoms with Crippen LogP contribution in [0.4, 0.5) is 11.4 Å². The van der Waals surface area contributed by atoms with E-state index in [4.69, 9.17) is 17.0 Å². The Balaban J connectivity index is 1.53. The predicted octanol–water partition coefficient (Wildman–Crippen LogP) is 4.20. The van der Waals surface area contributed by atoms with Gasteiger partial charge in [0.25, 0.3) is 0 Å². The molecule has 5 rings (SSSR count). The maximum atomic E-state index is 11.4. The molecule has 0 radical (unpaired) electrons. The lowest BCUT2D eigenvalue weighted by Gasteiger charge is -2.29. The largest absolute Gasteiger partial charge is 0.376 e. The number of nitrogens with zero attached hydrogens (tertiary/aromatic N) is 3. The first-order valence-electron chi connectivity index (χ1n) is 11.2. The van der Waals surface area contributed by atoms with Crippen molar-refractivity contribution in [3.05, 3.63) is 78.4 Å². The van der Waals surface area contributed by atoms with E-state index in [-0.39, 0.29) is 24.1 Å². The van der Waals surface area contributed by atoms with Crippen molar-refractivity contribution >= 4 is 34.6 Å². The molecule has 1 amide bonds. The summed E-state index contributed by atoms with van der Waals surface area (Å²) in [7, 11) is 0. The number of hydrogen-bond acceptors (Lipinski definition) is 4. The molecule has 2 N–H and O–H groups in total. The fourth-order valence-corrected chi connectivity index (χ4v) is 5.06. The van der Waals surface area contributed by atoms with Gasteiger partial charge in [0.2, 0.25) is 5.91 Å². The van der Waals surface area contributed by atoms with Gasteiger partial charge in [-0.3, -0.25) is 9.78 Å². The van der Waals surface area contributed by atoms with Crippen LogP contribution in [0.15, 0.2) is 67.0 Å². The number of thiocarbonyl (C=S) groups is 1. The molecule has 4 heterocycles. The highest BCUT2D eigenvalue weighted by Crippen LogP contribution is 2.42. The predicted molar refractivity (Wildman–Crippen MR) is 132 cm³/mol. The summed E-state index contributed by atoms with van der Waals surface area (Å²) in [5.74, 6) is -0.0961. The lowest BCUT2D eigenvalue weighted by molar-refractivity contribution is -0.114. The maximum Gasteiger partial charge on any atom is 0.221 e. The number of rotatable bonds is 6. The van der Waals surface area contributed by atoms with Crippen LogP contribution in [0.3, 0.4) is 0 Å². The fourth-order valence-electron chi connectivity index (χ4n) is 4.71. The maximum absolute atomic E-state index is 11.4. The van der Waals surface area contributed by atoms with Crippen LogP contribution in [0.25, 0.3) is 0 Å². The third-order valence-electron chi connectivity index (χ3n) is 6.16. The monoisotopic (exact) mass is 461 g/mol. The number of carbonyl (C=O) groups is 1. The quantitative estimate of drug-likeness (QED) is 0.536. The van der Waals surface area contributed by atoms with Gasteiger partial charge in [0.1, 0.15) is 6.04 Å². The van der Waals surface area contributed by atoms with E-state index in [9.17, 15) is 4.79 Å². The highest BCUT2D eigenvalue weighted by atomic mass is 32.1. The van der Waals surface area contributed by atoms with Gasteiger partial charge in [-0.15, -0.1) is 0 Å². The number of ether oxygens (including phenoxy) is 1. The van der Waals surface area contributed by atoms with Crippen molar-refractivity contribution in [3.63, 3.8) is 0 Å². The first-order valence-corrected chi connectivity index (χ1v) is 11.7. The van der Waals surface area contributed by atoms with Gasteiger partial charge in [0.15, 0.2) is 5.11 Å². The van der Waals surface area contributed by atoms with Crippen LogP contribution < -0.4 is 15.5 Å². The van der Waals surface area contributed by atoms with E-state index in [2.05, 4.69) is 43.4 Å². The van der Waals surface area contributed by atoms with Crippen molar-refractivity contribution in [1.29, 1.82) is 0 Å². The normalized spacial score (nSPS) is 22.4. The van der Waals surface area contributed by atoms with E-state index in [1.54, 1.807) is 0 Å². The summed E-state index contributed by atoms with van der Waals surface area (Å²) in [6, 6.07) is 17.8. The summed E-state index contributed by atoms with van der Waals surface area (Å²) in [6.45, 7) is 3.15. The Kier molecular flexibility index (Phi) is 6.11. The topological polar surface area (TPSA) is 71.4 Å². The Morgan fingerprint density at radius 1 is 1.21 bits per heavy atom. The zero-order valence-electron chi connectivity index (χ0n) is 18.5. The third kappa shape index (κ3) is 4.49. The summed E-state index contributed by atoms with van der Waals surface area (Å²) in [6.07, 6.45) is 6.35. The number of nitrogens with one attached hydrogen (secondary N) is 2. The smallest absolute Gasteiger partial charge is 0.221 e. The van der Waals surface area contributed by atoms with Crippen molar-refractivity contribution in [2.24, 2.45) is 0 Å². The minimum atomic E-state index is -0.105. The number of benzene rings is 1. The number of amides is 1. The molecule has 0 saturated carbocycles. The third-order valence-corrected chi connectivity index (χ3v) is 6.47. The minimum absolute atomic E-state index is 0.0876. The SMILES string of the molecule is CC(=O)Nc1ccc(N2C(=S)N[C@H](c3ccccn3)[C@H]2c2cccn2C[C@@H]2CCCO2)cc1. The van der Waals surface area contributed by atoms with Crippen LogP contribution >= 0.6 is 12.2 Å². The van der Waals surface area contributed by atoms with Crippen molar-refractivity contribution in [2.45, 2.75) is 44.5 Å². The van der Waals surface area contributed by atoms with Crippen LogP contribution in [-0.2, 0) is 16.1 Å². The van der Waals surface area contributed by atoms with Crippen molar-refractivity contribution < 1.29 is 9.53 Å². The van der Waals surface area contributed by atoms with Crippen molar-refractivity contribution in [2.75, 3.05) is 16.8 Å². The van der Waals surface area contributed by atoms with Crippen molar-refractivity contribution in [1.82, 2.24) is 14.9 Å². The molecule has 2 saturated heterocycles. The fraction of sp³-hybridized carbons (Fsp3) is 0.320. The number of aromatic nitrogens is 2. The molecule has 2 fully saturated rings. The van der Waals surface area contributed by atoms with E-state index in [1.807, 2.05) is 48.7 Å². The van der Waals surface area contributed by atoms with Gasteiger partial charge in [-0.1, -0.05) is 6.07 Å². The highest BCUT2D eigenvalue weighted by Gasteiger charge is 2.42. The number of pyridine rings is 1. The highest BCUT2D eigenvalue weighted by molar-refractivity contribution is 7.80. The van der Waals surface area contributed by atoms with Crippen LogP contribution in [-0.4, -0.2) is 33.3 Å². The molecular weight excluding hydrogens is 434 g/mol. The van der Waals surface area contributed by atoms with E-state index in [1.165, 1.54) is 6.92 Å². The molecule has 0 spiro atoms. The summed E-state index contributed by atoms with van der Waals surface area (Å²) in [5.41, 5.74) is 3.80. The van der Waals surface area contributed by atoms with Crippen LogP contribution in [0.2, 0.25) is 0 Å². The van der Waals surface area contributed by atoms with Gasteiger partial charge in [0.05, 0.1) is 17.8 Å². The molecule has 0 unspecified atom stereocenters. The van der Waals surface area contributed by atoms with Crippen LogP contribution in [0, 0.1) is 0 Å². The Bertz CT molecular complexity index is 1130. The Hall–Kier alpha value is -3.23. The van der Waals surface area contributed by atoms with E-state index in [0.29, 0.717) is 5.11 Å². The zero-order chi connectivity index (χ0) is 22.8. The second kappa shape index (κ2) is 9.33. The van der Waals surface area contributed by atoms with E-state index in [0.717, 1.165) is 48.8 Å². The Morgan fingerprint density at radius 2 is 2.06 bits per heavy atom. The number of hydrogen-bond donors (Lipinski definition) is 2. The molecule has 2 aromatic heterocycles. The van der Waals surface area contributed by atoms with Gasteiger partial charge in [0, 0.05) is 49.5 Å². The molecule has 33 heavy (non-hydrogen) atoms. The van der Waals surface area contributed by atoms with Gasteiger partial charge < -0.3 is 24.8 Å². The van der Waals surface area contributed by atoms with Gasteiger partial charge in [-0.05, 0) is 73.6 Å². The molecule has 1 aromatic carbocycles. The number of anilines is 2. The lowest BCUT2D eigenvalue weighted by atomic mass is 10.0. The molecule has 3 aromatic rings. The molecule has 0 aliphatic carbocycles. The molecule has 2 aliphatic rings. The Morgan fingerprint density at radius 3 is 2.76 bits per heavy atom. The molecule has 170 valence electrons. The van der Waals surface area contributed by atoms with E-state index >= 15 is 0 Å². The Labute approximate surface area is 198 Å². The van der Waals surface area contributed by atoms with Crippen LogP contribution in [0.5, 0.6) is 0 Å². The molecular formula is C25H27N5O2S. The minimum Gasteiger partial charge on any atom is -0.376 e. The van der Waals surface area contributed by atoms with Gasteiger partial charge in [-0.25, -0.2) is 0 Å². The van der Waals surface area contributed by atoms with E-state index < -0.39 is 0 Å². The first-order chi connectivity index (χ1) is 16.1. The first kappa shape index (κ1) is 21.6. The van der Waals surface area contributed by atoms with Gasteiger partial charge >= 0.3 is 0 Å². The standard InChI is InChI=1S/C25H27N5O2S/c1-17(31)27-18-9-11-19(12-10-18)30-24(23(28-25(30)33)21-7-2-3-13-26-21)22-8-4-14-29(22)16-20-6-5-15-32-20/h2-4,7-14,20,23-24H,5-6,15-16H2,1H3,(H,27,31)(H,28,33)/t20-,23+,24+/m0/s1.